The van der Waals surface area contributed by atoms with E-state index in [1.54, 1.807) is 5.32 Å². The third-order valence-electron chi connectivity index (χ3n) is 5.11. The number of alkyl halides is 3. The first-order valence-electron chi connectivity index (χ1n) is 10.0. The molecule has 0 radical (unpaired) electrons. The van der Waals surface area contributed by atoms with E-state index in [-0.39, 0.29) is 10.6 Å². The quantitative estimate of drug-likeness (QED) is 0.314. The topological polar surface area (TPSA) is 111 Å². The molecule has 2 aromatic rings. The molecule has 1 heterocycles. The maximum Gasteiger partial charge on any atom is 0.441 e. The van der Waals surface area contributed by atoms with Crippen molar-refractivity contribution >= 4 is 34.1 Å². The first-order valence-corrected chi connectivity index (χ1v) is 10.9. The van der Waals surface area contributed by atoms with E-state index in [0.29, 0.717) is 23.3 Å². The molecule has 0 aliphatic heterocycles. The first kappa shape index (κ1) is 24.5. The van der Waals surface area contributed by atoms with Gasteiger partial charge in [-0.3, -0.25) is 9.59 Å². The van der Waals surface area contributed by atoms with Gasteiger partial charge in [0.15, 0.2) is 0 Å². The monoisotopic (exact) mass is 487 g/mol. The van der Waals surface area contributed by atoms with Crippen molar-refractivity contribution in [1.82, 2.24) is 5.32 Å². The number of amides is 2. The van der Waals surface area contributed by atoms with Crippen molar-refractivity contribution in [2.45, 2.75) is 44.4 Å². The Morgan fingerprint density at radius 2 is 1.88 bits per heavy atom. The van der Waals surface area contributed by atoms with Gasteiger partial charge < -0.3 is 21.1 Å². The zero-order chi connectivity index (χ0) is 24.4. The Hall–Kier alpha value is -3.15. The lowest BCUT2D eigenvalue weighted by atomic mass is 9.95. The summed E-state index contributed by atoms with van der Waals surface area (Å²) in [6.07, 6.45) is -2.93. The largest absolute Gasteiger partial charge is 0.463 e. The van der Waals surface area contributed by atoms with Crippen molar-refractivity contribution in [3.05, 3.63) is 51.7 Å². The summed E-state index contributed by atoms with van der Waals surface area (Å²) in [6.45, 7) is 0.879. The molecule has 1 unspecified atom stereocenters. The lowest BCUT2D eigenvalue weighted by molar-refractivity contribution is -0.204. The van der Waals surface area contributed by atoms with Crippen LogP contribution in [0.4, 0.5) is 22.6 Å². The zero-order valence-corrected chi connectivity index (χ0v) is 18.3. The number of carbonyl (C=O) groups excluding carboxylic acids is 3. The summed E-state index contributed by atoms with van der Waals surface area (Å²) < 4.78 is 61.5. The van der Waals surface area contributed by atoms with E-state index in [1.807, 2.05) is 5.32 Å². The molecular weight excluding hydrogens is 466 g/mol. The Morgan fingerprint density at radius 3 is 2.48 bits per heavy atom. The third-order valence-corrected chi connectivity index (χ3v) is 6.32. The van der Waals surface area contributed by atoms with Gasteiger partial charge in [0.25, 0.3) is 11.8 Å². The number of nitrogens with two attached hydrogens (primary N) is 1. The number of rotatable bonds is 7. The minimum Gasteiger partial charge on any atom is -0.463 e. The van der Waals surface area contributed by atoms with Gasteiger partial charge in [-0.05, 0) is 56.4 Å². The van der Waals surface area contributed by atoms with Crippen molar-refractivity contribution in [3.63, 3.8) is 0 Å². The number of aryl methyl sites for hydroxylation is 1. The molecule has 0 bridgehead atoms. The van der Waals surface area contributed by atoms with E-state index in [1.165, 1.54) is 6.92 Å². The van der Waals surface area contributed by atoms with Crippen molar-refractivity contribution in [3.8, 4) is 0 Å². The molecule has 1 atom stereocenters. The Morgan fingerprint density at radius 1 is 1.18 bits per heavy atom. The summed E-state index contributed by atoms with van der Waals surface area (Å²) in [5.74, 6) is -5.04. The molecule has 4 N–H and O–H groups in total. The van der Waals surface area contributed by atoms with Crippen LogP contribution in [0, 0.1) is 5.82 Å². The molecule has 1 aromatic heterocycles. The number of primary amides is 1. The molecule has 2 amide bonds. The molecule has 0 saturated heterocycles. The number of hydrogen-bond acceptors (Lipinski definition) is 6. The standard InChI is InChI=1S/C21H21F4N3O4S/c1-2-32-19(31)20(21(23,24)25,27-17(30)11-6-5-7-12(22)10-11)28-18-15(16(26)29)13-8-3-4-9-14(13)33-18/h5-7,10,28H,2-4,8-9H2,1H3,(H2,26,29)(H,27,30). The van der Waals surface area contributed by atoms with Crippen molar-refractivity contribution < 1.29 is 36.7 Å². The molecule has 7 nitrogen and oxygen atoms in total. The molecule has 1 aliphatic carbocycles. The van der Waals surface area contributed by atoms with Crippen molar-refractivity contribution in [1.29, 1.82) is 0 Å². The van der Waals surface area contributed by atoms with Crippen LogP contribution >= 0.6 is 11.3 Å². The van der Waals surface area contributed by atoms with Gasteiger partial charge in [-0.25, -0.2) is 9.18 Å². The highest BCUT2D eigenvalue weighted by Gasteiger charge is 2.64. The second-order valence-corrected chi connectivity index (χ2v) is 8.44. The fourth-order valence-electron chi connectivity index (χ4n) is 3.59. The highest BCUT2D eigenvalue weighted by atomic mass is 32.1. The molecule has 178 valence electrons. The summed E-state index contributed by atoms with van der Waals surface area (Å²) in [4.78, 5) is 38.1. The van der Waals surface area contributed by atoms with E-state index in [9.17, 15) is 31.9 Å². The molecule has 12 heteroatoms. The van der Waals surface area contributed by atoms with Gasteiger partial charge in [0.05, 0.1) is 12.2 Å². The number of thiophene rings is 1. The average Bonchev–Trinajstić information content (AvgIpc) is 3.10. The van der Waals surface area contributed by atoms with Gasteiger partial charge in [0, 0.05) is 10.4 Å². The van der Waals surface area contributed by atoms with Crippen LogP contribution in [-0.4, -0.2) is 36.2 Å². The lowest BCUT2D eigenvalue weighted by Crippen LogP contribution is -2.69. The highest BCUT2D eigenvalue weighted by Crippen LogP contribution is 2.42. The van der Waals surface area contributed by atoms with E-state index < -0.39 is 47.6 Å². The van der Waals surface area contributed by atoms with Crippen LogP contribution in [0.25, 0.3) is 0 Å². The number of halogens is 4. The zero-order valence-electron chi connectivity index (χ0n) is 17.5. The third kappa shape index (κ3) is 4.80. The molecule has 0 fully saturated rings. The van der Waals surface area contributed by atoms with Crippen molar-refractivity contribution in [2.75, 3.05) is 11.9 Å². The smallest absolute Gasteiger partial charge is 0.441 e. The average molecular weight is 487 g/mol. The fourth-order valence-corrected chi connectivity index (χ4v) is 4.94. The van der Waals surface area contributed by atoms with E-state index in [0.717, 1.165) is 48.4 Å². The number of carbonyl (C=O) groups is 3. The maximum atomic E-state index is 14.4. The van der Waals surface area contributed by atoms with Crippen molar-refractivity contribution in [2.24, 2.45) is 5.73 Å². The summed E-state index contributed by atoms with van der Waals surface area (Å²) in [5, 5.41) is 3.36. The molecule has 0 saturated carbocycles. The Labute approximate surface area is 190 Å². The summed E-state index contributed by atoms with van der Waals surface area (Å²) >= 11 is 0.863. The molecule has 3 rings (SSSR count). The lowest BCUT2D eigenvalue weighted by Gasteiger charge is -2.35. The maximum absolute atomic E-state index is 14.4. The number of benzene rings is 1. The van der Waals surface area contributed by atoms with Crippen LogP contribution in [-0.2, 0) is 22.4 Å². The van der Waals surface area contributed by atoms with Gasteiger partial charge in [-0.15, -0.1) is 11.3 Å². The normalized spacial score (nSPS) is 15.2. The van der Waals surface area contributed by atoms with Crippen LogP contribution in [0.5, 0.6) is 0 Å². The van der Waals surface area contributed by atoms with E-state index in [2.05, 4.69) is 4.74 Å². The Bertz CT molecular complexity index is 1090. The second-order valence-electron chi connectivity index (χ2n) is 7.34. The van der Waals surface area contributed by atoms with Crippen LogP contribution in [0.3, 0.4) is 0 Å². The number of anilines is 1. The Balaban J connectivity index is 2.13. The SMILES string of the molecule is CCOC(=O)C(NC(=O)c1cccc(F)c1)(Nc1sc2c(c1C(N)=O)CCCC2)C(F)(F)F. The van der Waals surface area contributed by atoms with Crippen LogP contribution in [0.15, 0.2) is 24.3 Å². The number of nitrogens with one attached hydrogen (secondary N) is 2. The number of hydrogen-bond donors (Lipinski definition) is 3. The minimum atomic E-state index is -5.42. The van der Waals surface area contributed by atoms with Gasteiger partial charge in [0.2, 0.25) is 0 Å². The van der Waals surface area contributed by atoms with Crippen LogP contribution in [0.1, 0.15) is 50.9 Å². The fraction of sp³-hybridized carbons (Fsp3) is 0.381. The Kier molecular flexibility index (Phi) is 6.96. The minimum absolute atomic E-state index is 0.160. The summed E-state index contributed by atoms with van der Waals surface area (Å²) in [7, 11) is 0. The van der Waals surface area contributed by atoms with Gasteiger partial charge in [0.1, 0.15) is 10.8 Å². The number of esters is 1. The predicted molar refractivity (Wildman–Crippen MR) is 112 cm³/mol. The summed E-state index contributed by atoms with van der Waals surface area (Å²) in [6, 6.07) is 3.95. The number of fused-ring (bicyclic) bond motifs is 1. The van der Waals surface area contributed by atoms with Gasteiger partial charge in [-0.2, -0.15) is 13.2 Å². The van der Waals surface area contributed by atoms with E-state index in [4.69, 9.17) is 5.73 Å². The van der Waals surface area contributed by atoms with Crippen LogP contribution < -0.4 is 16.4 Å². The van der Waals surface area contributed by atoms with Crippen LogP contribution in [0.2, 0.25) is 0 Å². The molecular formula is C21H21F4N3O4S. The molecule has 33 heavy (non-hydrogen) atoms. The van der Waals surface area contributed by atoms with Gasteiger partial charge >= 0.3 is 17.8 Å². The van der Waals surface area contributed by atoms with Gasteiger partial charge in [-0.1, -0.05) is 6.07 Å². The highest BCUT2D eigenvalue weighted by molar-refractivity contribution is 7.16. The first-order chi connectivity index (χ1) is 15.5. The summed E-state index contributed by atoms with van der Waals surface area (Å²) in [5.41, 5.74) is 1.61. The molecule has 1 aromatic carbocycles. The number of ether oxygens (including phenoxy) is 1. The van der Waals surface area contributed by atoms with E-state index >= 15 is 0 Å². The molecule has 0 spiro atoms. The molecule has 1 aliphatic rings. The predicted octanol–water partition coefficient (Wildman–Crippen LogP) is 3.53. The second kappa shape index (κ2) is 9.38.